The summed E-state index contributed by atoms with van der Waals surface area (Å²) in [5, 5.41) is 2.02. The number of hydrogen-bond donors (Lipinski definition) is 2. The first-order chi connectivity index (χ1) is 15.0. The summed E-state index contributed by atoms with van der Waals surface area (Å²) in [5.41, 5.74) is 5.53. The summed E-state index contributed by atoms with van der Waals surface area (Å²) in [5.74, 6) is -0.154. The van der Waals surface area contributed by atoms with Crippen LogP contribution in [0.4, 0.5) is 0 Å². The van der Waals surface area contributed by atoms with Gasteiger partial charge in [-0.1, -0.05) is 36.4 Å². The van der Waals surface area contributed by atoms with Gasteiger partial charge in [0.25, 0.3) is 5.91 Å². The van der Waals surface area contributed by atoms with E-state index in [4.69, 9.17) is 9.47 Å². The molecule has 160 valence electrons. The Morgan fingerprint density at radius 1 is 0.806 bits per heavy atom. The molecule has 3 rings (SSSR count). The number of carbonyl (C=O) groups is 3. The van der Waals surface area contributed by atoms with E-state index in [1.165, 1.54) is 13.2 Å². The maximum absolute atomic E-state index is 12.4. The van der Waals surface area contributed by atoms with E-state index < -0.39 is 11.8 Å². The molecule has 2 amide bonds. The Balaban J connectivity index is 1.51. The lowest BCUT2D eigenvalue weighted by molar-refractivity contribution is -0.121. The Morgan fingerprint density at radius 2 is 1.55 bits per heavy atom. The third-order valence-electron chi connectivity index (χ3n) is 4.69. The molecule has 7 nitrogen and oxygen atoms in total. The number of fused-ring (bicyclic) bond motifs is 1. The van der Waals surface area contributed by atoms with E-state index in [-0.39, 0.29) is 18.6 Å². The van der Waals surface area contributed by atoms with Crippen LogP contribution in [0, 0.1) is 0 Å². The highest BCUT2D eigenvalue weighted by molar-refractivity contribution is 6.01. The average molecular weight is 420 g/mol. The fourth-order valence-electron chi connectivity index (χ4n) is 3.08. The number of carbonyl (C=O) groups excluding carboxylic acids is 3. The molecule has 2 N–H and O–H groups in total. The van der Waals surface area contributed by atoms with Crippen LogP contribution < -0.4 is 20.3 Å². The third kappa shape index (κ3) is 5.60. The third-order valence-corrected chi connectivity index (χ3v) is 4.69. The van der Waals surface area contributed by atoms with Crippen molar-refractivity contribution in [1.82, 2.24) is 10.9 Å². The Labute approximate surface area is 180 Å². The van der Waals surface area contributed by atoms with Crippen molar-refractivity contribution in [2.45, 2.75) is 19.8 Å². The van der Waals surface area contributed by atoms with Crippen molar-refractivity contribution >= 4 is 28.4 Å². The van der Waals surface area contributed by atoms with Gasteiger partial charge in [-0.2, -0.15) is 0 Å². The van der Waals surface area contributed by atoms with Gasteiger partial charge in [0.15, 0.2) is 17.3 Å². The predicted molar refractivity (Wildman–Crippen MR) is 117 cm³/mol. The van der Waals surface area contributed by atoms with Gasteiger partial charge in [-0.25, -0.2) is 0 Å². The molecule has 0 unspecified atom stereocenters. The smallest absolute Gasteiger partial charge is 0.269 e. The Bertz CT molecular complexity index is 1110. The lowest BCUT2D eigenvalue weighted by Gasteiger charge is -2.11. The number of methoxy groups -OCH3 is 1. The summed E-state index contributed by atoms with van der Waals surface area (Å²) >= 11 is 0. The van der Waals surface area contributed by atoms with Crippen molar-refractivity contribution in [3.63, 3.8) is 0 Å². The van der Waals surface area contributed by atoms with Crippen LogP contribution in [0.15, 0.2) is 60.7 Å². The lowest BCUT2D eigenvalue weighted by Crippen LogP contribution is -2.41. The second kappa shape index (κ2) is 10.2. The highest BCUT2D eigenvalue weighted by Gasteiger charge is 2.13. The van der Waals surface area contributed by atoms with Crippen LogP contribution in [0.5, 0.6) is 11.5 Å². The van der Waals surface area contributed by atoms with Crippen LogP contribution in [0.1, 0.15) is 40.5 Å². The van der Waals surface area contributed by atoms with Gasteiger partial charge in [0.2, 0.25) is 5.91 Å². The Morgan fingerprint density at radius 3 is 2.29 bits per heavy atom. The number of Topliss-reactive ketones (excluding diaryl/α,β-unsaturated/α-hetero) is 1. The number of rotatable bonds is 8. The molecule has 3 aromatic rings. The zero-order valence-electron chi connectivity index (χ0n) is 17.4. The van der Waals surface area contributed by atoms with Crippen molar-refractivity contribution in [2.75, 3.05) is 13.7 Å². The fraction of sp³-hybridized carbons (Fsp3) is 0.208. The largest absolute Gasteiger partial charge is 0.493 e. The molecule has 0 aliphatic heterocycles. The van der Waals surface area contributed by atoms with Gasteiger partial charge in [-0.15, -0.1) is 0 Å². The van der Waals surface area contributed by atoms with Gasteiger partial charge >= 0.3 is 0 Å². The summed E-state index contributed by atoms with van der Waals surface area (Å²) in [6.07, 6.45) is -0.00450. The first-order valence-electron chi connectivity index (χ1n) is 9.94. The monoisotopic (exact) mass is 420 g/mol. The van der Waals surface area contributed by atoms with Crippen LogP contribution in [-0.2, 0) is 4.79 Å². The minimum absolute atomic E-state index is 0.0386. The maximum Gasteiger partial charge on any atom is 0.269 e. The summed E-state index contributed by atoms with van der Waals surface area (Å²) in [6.45, 7) is 2.32. The molecule has 0 bridgehead atoms. The molecule has 0 atom stereocenters. The van der Waals surface area contributed by atoms with Gasteiger partial charge in [0.05, 0.1) is 13.7 Å². The molecule has 0 aliphatic rings. The topological polar surface area (TPSA) is 93.7 Å². The number of ketones is 1. The van der Waals surface area contributed by atoms with Gasteiger partial charge in [0.1, 0.15) is 0 Å². The molecule has 3 aromatic carbocycles. The normalized spacial score (nSPS) is 10.4. The lowest BCUT2D eigenvalue weighted by atomic mass is 10.0. The molecule has 0 saturated heterocycles. The molecule has 7 heteroatoms. The van der Waals surface area contributed by atoms with Gasteiger partial charge in [-0.05, 0) is 42.0 Å². The maximum atomic E-state index is 12.4. The molecule has 31 heavy (non-hydrogen) atoms. The molecular formula is C24H24N2O5. The molecule has 0 spiro atoms. The Hall–Kier alpha value is -3.87. The Kier molecular flexibility index (Phi) is 7.22. The van der Waals surface area contributed by atoms with Crippen LogP contribution in [0.3, 0.4) is 0 Å². The summed E-state index contributed by atoms with van der Waals surface area (Å²) in [7, 11) is 1.48. The van der Waals surface area contributed by atoms with E-state index in [0.29, 0.717) is 29.2 Å². The van der Waals surface area contributed by atoms with E-state index in [1.54, 1.807) is 18.2 Å². The van der Waals surface area contributed by atoms with Crippen molar-refractivity contribution in [2.24, 2.45) is 0 Å². The van der Waals surface area contributed by atoms with Crippen LogP contribution in [0.2, 0.25) is 0 Å². The molecule has 0 radical (unpaired) electrons. The molecule has 0 heterocycles. The van der Waals surface area contributed by atoms with Gasteiger partial charge < -0.3 is 9.47 Å². The first kappa shape index (κ1) is 21.8. The van der Waals surface area contributed by atoms with Gasteiger partial charge in [0, 0.05) is 24.0 Å². The minimum atomic E-state index is -0.504. The number of nitrogens with one attached hydrogen (secondary N) is 2. The average Bonchev–Trinajstić information content (AvgIpc) is 2.81. The highest BCUT2D eigenvalue weighted by Crippen LogP contribution is 2.27. The first-order valence-corrected chi connectivity index (χ1v) is 9.94. The van der Waals surface area contributed by atoms with E-state index in [0.717, 1.165) is 10.8 Å². The summed E-state index contributed by atoms with van der Waals surface area (Å²) in [6, 6.07) is 17.9. The van der Waals surface area contributed by atoms with E-state index >= 15 is 0 Å². The molecule has 0 aromatic heterocycles. The fourth-order valence-corrected chi connectivity index (χ4v) is 3.08. The van der Waals surface area contributed by atoms with Gasteiger partial charge in [-0.3, -0.25) is 25.2 Å². The molecule has 0 fully saturated rings. The highest BCUT2D eigenvalue weighted by atomic mass is 16.5. The predicted octanol–water partition coefficient (Wildman–Crippen LogP) is 3.67. The van der Waals surface area contributed by atoms with Crippen molar-refractivity contribution in [1.29, 1.82) is 0 Å². The minimum Gasteiger partial charge on any atom is -0.493 e. The van der Waals surface area contributed by atoms with Crippen LogP contribution >= 0.6 is 0 Å². The molecule has 0 saturated carbocycles. The second-order valence-electron chi connectivity index (χ2n) is 6.79. The van der Waals surface area contributed by atoms with Crippen molar-refractivity contribution in [3.8, 4) is 11.5 Å². The quantitative estimate of drug-likeness (QED) is 0.428. The second-order valence-corrected chi connectivity index (χ2v) is 6.79. The van der Waals surface area contributed by atoms with Crippen LogP contribution in [-0.4, -0.2) is 31.3 Å². The number of hydrogen-bond acceptors (Lipinski definition) is 5. The van der Waals surface area contributed by atoms with Crippen LogP contribution in [0.25, 0.3) is 10.8 Å². The van der Waals surface area contributed by atoms with Crippen molar-refractivity contribution in [3.05, 3.63) is 71.8 Å². The zero-order valence-corrected chi connectivity index (χ0v) is 17.4. The number of hydrazine groups is 1. The standard InChI is InChI=1S/C24H24N2O5/c1-3-31-21-12-10-19(15-22(21)30-2)24(29)26-25-23(28)13-11-20(27)18-9-8-16-6-4-5-7-17(16)14-18/h4-10,12,14-15H,3,11,13H2,1-2H3,(H,25,28)(H,26,29). The summed E-state index contributed by atoms with van der Waals surface area (Å²) in [4.78, 5) is 36.8. The van der Waals surface area contributed by atoms with E-state index in [2.05, 4.69) is 10.9 Å². The number of amides is 2. The molecule has 0 aliphatic carbocycles. The zero-order chi connectivity index (χ0) is 22.2. The van der Waals surface area contributed by atoms with Crippen molar-refractivity contribution < 1.29 is 23.9 Å². The van der Waals surface area contributed by atoms with E-state index in [9.17, 15) is 14.4 Å². The SMILES string of the molecule is CCOc1ccc(C(=O)NNC(=O)CCC(=O)c2ccc3ccccc3c2)cc1OC. The summed E-state index contributed by atoms with van der Waals surface area (Å²) < 4.78 is 10.6. The molecular weight excluding hydrogens is 396 g/mol. The number of benzene rings is 3. The van der Waals surface area contributed by atoms with E-state index in [1.807, 2.05) is 43.3 Å². The number of ether oxygens (including phenoxy) is 2.